The summed E-state index contributed by atoms with van der Waals surface area (Å²) in [6, 6.07) is 1.32. The molecule has 0 aliphatic carbocycles. The molecule has 1 aromatic rings. The van der Waals surface area contributed by atoms with Gasteiger partial charge in [-0.3, -0.25) is 0 Å². The molecule has 0 fully saturated rings. The molecule has 66 valence electrons. The zero-order valence-corrected chi connectivity index (χ0v) is 7.78. The number of carbonyl (C=O) groups excluding carboxylic acids is 1. The van der Waals surface area contributed by atoms with Crippen LogP contribution in [0.15, 0.2) is 10.5 Å². The maximum absolute atomic E-state index is 11.0. The third kappa shape index (κ3) is 1.93. The number of rotatable bonds is 2. The van der Waals surface area contributed by atoms with E-state index in [4.69, 9.17) is 27.6 Å². The lowest BCUT2D eigenvalue weighted by molar-refractivity contribution is 0.0490. The topological polar surface area (TPSA) is 39.4 Å². The lowest BCUT2D eigenvalue weighted by atomic mass is 10.4. The highest BCUT2D eigenvalue weighted by molar-refractivity contribution is 6.41. The number of hydrogen-bond donors (Lipinski definition) is 0. The molecule has 0 atom stereocenters. The van der Waals surface area contributed by atoms with Crippen molar-refractivity contribution in [2.24, 2.45) is 0 Å². The second-order valence-corrected chi connectivity index (χ2v) is 2.70. The number of furan rings is 1. The van der Waals surface area contributed by atoms with Crippen LogP contribution in [0.2, 0.25) is 10.2 Å². The van der Waals surface area contributed by atoms with E-state index in [1.165, 1.54) is 6.07 Å². The summed E-state index contributed by atoms with van der Waals surface area (Å²) < 4.78 is 9.43. The fourth-order valence-corrected chi connectivity index (χ4v) is 0.925. The van der Waals surface area contributed by atoms with Gasteiger partial charge in [0.1, 0.15) is 0 Å². The molecule has 1 heterocycles. The zero-order chi connectivity index (χ0) is 9.14. The van der Waals surface area contributed by atoms with Crippen molar-refractivity contribution in [1.29, 1.82) is 0 Å². The summed E-state index contributed by atoms with van der Waals surface area (Å²) in [5.74, 6) is -0.543. The Morgan fingerprint density at radius 2 is 2.33 bits per heavy atom. The minimum absolute atomic E-state index is 0.000260. The van der Waals surface area contributed by atoms with Crippen molar-refractivity contribution < 1.29 is 13.9 Å². The molecule has 0 aliphatic heterocycles. The van der Waals surface area contributed by atoms with Gasteiger partial charge >= 0.3 is 5.97 Å². The smallest absolute Gasteiger partial charge is 0.374 e. The largest absolute Gasteiger partial charge is 0.460 e. The molecule has 12 heavy (non-hydrogen) atoms. The summed E-state index contributed by atoms with van der Waals surface area (Å²) in [6.07, 6.45) is 0. The minimum Gasteiger partial charge on any atom is -0.460 e. The van der Waals surface area contributed by atoms with E-state index in [1.54, 1.807) is 6.92 Å². The molecule has 0 aromatic carbocycles. The van der Waals surface area contributed by atoms with E-state index >= 15 is 0 Å². The van der Waals surface area contributed by atoms with Gasteiger partial charge < -0.3 is 9.15 Å². The van der Waals surface area contributed by atoms with Gasteiger partial charge in [0.2, 0.25) is 11.0 Å². The predicted molar refractivity (Wildman–Crippen MR) is 44.7 cm³/mol. The van der Waals surface area contributed by atoms with Gasteiger partial charge in [-0.1, -0.05) is 11.6 Å². The first-order valence-corrected chi connectivity index (χ1v) is 4.02. The van der Waals surface area contributed by atoms with E-state index in [9.17, 15) is 4.79 Å². The fourth-order valence-electron chi connectivity index (χ4n) is 0.649. The number of ether oxygens (including phenoxy) is 1. The summed E-state index contributed by atoms with van der Waals surface area (Å²) in [5, 5.41) is 0.208. The summed E-state index contributed by atoms with van der Waals surface area (Å²) in [7, 11) is 0. The molecule has 0 unspecified atom stereocenters. The lowest BCUT2D eigenvalue weighted by Crippen LogP contribution is -2.02. The van der Waals surface area contributed by atoms with Crippen LogP contribution in [0.1, 0.15) is 17.5 Å². The highest BCUT2D eigenvalue weighted by Crippen LogP contribution is 2.25. The van der Waals surface area contributed by atoms with Crippen LogP contribution in [0.4, 0.5) is 0 Å². The second-order valence-electron chi connectivity index (χ2n) is 1.95. The Morgan fingerprint density at radius 3 is 2.75 bits per heavy atom. The Bertz CT molecular complexity index is 273. The Labute approximate surface area is 79.2 Å². The standard InChI is InChI=1S/C7H6Cl2O3/c1-2-11-7(10)5-3-4(8)6(9)12-5/h3H,2H2,1H3. The molecule has 0 radical (unpaired) electrons. The molecular weight excluding hydrogens is 203 g/mol. The lowest BCUT2D eigenvalue weighted by Gasteiger charge is -1.95. The van der Waals surface area contributed by atoms with E-state index in [-0.39, 0.29) is 22.6 Å². The molecule has 0 bridgehead atoms. The number of carbonyl (C=O) groups is 1. The van der Waals surface area contributed by atoms with Gasteiger partial charge in [-0.05, 0) is 18.5 Å². The van der Waals surface area contributed by atoms with Crippen LogP contribution in [0, 0.1) is 0 Å². The number of esters is 1. The molecule has 3 nitrogen and oxygen atoms in total. The minimum atomic E-state index is -0.564. The van der Waals surface area contributed by atoms with E-state index < -0.39 is 5.97 Å². The van der Waals surface area contributed by atoms with Gasteiger partial charge in [-0.25, -0.2) is 4.79 Å². The van der Waals surface area contributed by atoms with Gasteiger partial charge in [0.25, 0.3) is 0 Å². The Balaban J connectivity index is 2.82. The normalized spacial score (nSPS) is 9.92. The monoisotopic (exact) mass is 208 g/mol. The summed E-state index contributed by atoms with van der Waals surface area (Å²) in [4.78, 5) is 11.0. The van der Waals surface area contributed by atoms with Gasteiger partial charge in [0.15, 0.2) is 0 Å². The highest BCUT2D eigenvalue weighted by atomic mass is 35.5. The maximum Gasteiger partial charge on any atom is 0.374 e. The molecule has 1 aromatic heterocycles. The first kappa shape index (κ1) is 9.42. The highest BCUT2D eigenvalue weighted by Gasteiger charge is 2.14. The van der Waals surface area contributed by atoms with Gasteiger partial charge in [0.05, 0.1) is 11.6 Å². The first-order valence-electron chi connectivity index (χ1n) is 3.27. The quantitative estimate of drug-likeness (QED) is 0.703. The molecule has 0 saturated heterocycles. The third-order valence-electron chi connectivity index (χ3n) is 1.12. The van der Waals surface area contributed by atoms with Crippen molar-refractivity contribution in [2.45, 2.75) is 6.92 Å². The molecule has 0 spiro atoms. The van der Waals surface area contributed by atoms with E-state index in [1.807, 2.05) is 0 Å². The van der Waals surface area contributed by atoms with Crippen LogP contribution in [-0.4, -0.2) is 12.6 Å². The van der Waals surface area contributed by atoms with Crippen molar-refractivity contribution in [3.8, 4) is 0 Å². The molecule has 1 rings (SSSR count). The predicted octanol–water partition coefficient (Wildman–Crippen LogP) is 2.76. The molecule has 0 saturated carbocycles. The maximum atomic E-state index is 11.0. The van der Waals surface area contributed by atoms with Gasteiger partial charge in [0, 0.05) is 6.07 Å². The Hall–Kier alpha value is -0.670. The molecule has 0 aliphatic rings. The van der Waals surface area contributed by atoms with Crippen molar-refractivity contribution in [3.05, 3.63) is 22.1 Å². The molecule has 0 N–H and O–H groups in total. The zero-order valence-electron chi connectivity index (χ0n) is 6.27. The van der Waals surface area contributed by atoms with Crippen molar-refractivity contribution in [1.82, 2.24) is 0 Å². The average Bonchev–Trinajstić information content (AvgIpc) is 2.33. The van der Waals surface area contributed by atoms with E-state index in [0.717, 1.165) is 0 Å². The summed E-state index contributed by atoms with van der Waals surface area (Å²) in [5.41, 5.74) is 0. The Kier molecular flexibility index (Phi) is 3.00. The molecule has 0 amide bonds. The van der Waals surface area contributed by atoms with Crippen LogP contribution >= 0.6 is 23.2 Å². The first-order chi connectivity index (χ1) is 5.65. The summed E-state index contributed by atoms with van der Waals surface area (Å²) in [6.45, 7) is 1.98. The van der Waals surface area contributed by atoms with Gasteiger partial charge in [-0.2, -0.15) is 0 Å². The summed E-state index contributed by atoms with van der Waals surface area (Å²) >= 11 is 11.0. The van der Waals surface area contributed by atoms with Crippen molar-refractivity contribution in [3.63, 3.8) is 0 Å². The molecule has 5 heteroatoms. The van der Waals surface area contributed by atoms with Crippen LogP contribution < -0.4 is 0 Å². The number of halogens is 2. The van der Waals surface area contributed by atoms with Crippen LogP contribution in [0.5, 0.6) is 0 Å². The van der Waals surface area contributed by atoms with E-state index in [0.29, 0.717) is 0 Å². The van der Waals surface area contributed by atoms with Crippen LogP contribution in [0.25, 0.3) is 0 Å². The number of hydrogen-bond acceptors (Lipinski definition) is 3. The van der Waals surface area contributed by atoms with E-state index in [2.05, 4.69) is 4.74 Å². The van der Waals surface area contributed by atoms with Gasteiger partial charge in [-0.15, -0.1) is 0 Å². The van der Waals surface area contributed by atoms with Crippen molar-refractivity contribution >= 4 is 29.2 Å². The van der Waals surface area contributed by atoms with Crippen molar-refractivity contribution in [2.75, 3.05) is 6.61 Å². The van der Waals surface area contributed by atoms with Crippen LogP contribution in [0.3, 0.4) is 0 Å². The SMILES string of the molecule is CCOC(=O)c1cc(Cl)c(Cl)o1. The third-order valence-corrected chi connectivity index (χ3v) is 1.78. The molecular formula is C7H6Cl2O3. The fraction of sp³-hybridized carbons (Fsp3) is 0.286. The van der Waals surface area contributed by atoms with Crippen LogP contribution in [-0.2, 0) is 4.74 Å². The average molecular weight is 209 g/mol. The second kappa shape index (κ2) is 3.83. The Morgan fingerprint density at radius 1 is 1.67 bits per heavy atom.